The third kappa shape index (κ3) is 6.33. The van der Waals surface area contributed by atoms with E-state index in [0.29, 0.717) is 34.0 Å². The molecule has 3 aromatic rings. The van der Waals surface area contributed by atoms with E-state index in [9.17, 15) is 23.1 Å². The van der Waals surface area contributed by atoms with Crippen LogP contribution in [0.25, 0.3) is 11.3 Å². The number of hydrogen-bond acceptors (Lipinski definition) is 6. The van der Waals surface area contributed by atoms with Crippen LogP contribution in [0.5, 0.6) is 11.5 Å². The van der Waals surface area contributed by atoms with Crippen molar-refractivity contribution in [1.29, 1.82) is 0 Å². The molecule has 0 aliphatic heterocycles. The highest BCUT2D eigenvalue weighted by molar-refractivity contribution is 7.90. The minimum absolute atomic E-state index is 0.0689. The first kappa shape index (κ1) is 25.2. The van der Waals surface area contributed by atoms with E-state index in [4.69, 9.17) is 4.74 Å². The van der Waals surface area contributed by atoms with E-state index < -0.39 is 15.9 Å². The number of aromatic nitrogens is 1. The average Bonchev–Trinajstić information content (AvgIpc) is 3.27. The van der Waals surface area contributed by atoms with Gasteiger partial charge in [0.15, 0.2) is 15.6 Å². The summed E-state index contributed by atoms with van der Waals surface area (Å²) in [5.41, 5.74) is 2.02. The lowest BCUT2D eigenvalue weighted by Gasteiger charge is -2.12. The number of Topliss-reactive ketones (excluding diaryl/α,β-unsaturated/α-hetero) is 1. The van der Waals surface area contributed by atoms with Gasteiger partial charge in [-0.25, -0.2) is 8.42 Å². The number of benzene rings is 2. The van der Waals surface area contributed by atoms with Crippen LogP contribution < -0.4 is 10.1 Å². The summed E-state index contributed by atoms with van der Waals surface area (Å²) in [6, 6.07) is 14.4. The van der Waals surface area contributed by atoms with Crippen molar-refractivity contribution in [1.82, 2.24) is 10.3 Å². The third-order valence-corrected chi connectivity index (χ3v) is 6.13. The van der Waals surface area contributed by atoms with Gasteiger partial charge in [0.1, 0.15) is 17.2 Å². The zero-order valence-corrected chi connectivity index (χ0v) is 20.3. The molecule has 1 atom stereocenters. The molecule has 1 heterocycles. The van der Waals surface area contributed by atoms with Gasteiger partial charge in [-0.1, -0.05) is 13.8 Å². The number of nitrogens with one attached hydrogen (secondary N) is 2. The van der Waals surface area contributed by atoms with Crippen LogP contribution in [-0.4, -0.2) is 49.1 Å². The van der Waals surface area contributed by atoms with Gasteiger partial charge in [-0.3, -0.25) is 9.59 Å². The van der Waals surface area contributed by atoms with E-state index in [1.54, 1.807) is 63.2 Å². The highest BCUT2D eigenvalue weighted by Crippen LogP contribution is 2.30. The Morgan fingerprint density at radius 1 is 1.00 bits per heavy atom. The van der Waals surface area contributed by atoms with Gasteiger partial charge in [-0.2, -0.15) is 0 Å². The Hall–Kier alpha value is -3.43. The molecule has 1 amide bonds. The number of aliphatic hydroxyl groups excluding tert-OH is 1. The molecule has 0 unspecified atom stereocenters. The smallest absolute Gasteiger partial charge is 0.267 e. The molecule has 3 N–H and O–H groups in total. The molecular weight excluding hydrogens is 456 g/mol. The van der Waals surface area contributed by atoms with Crippen LogP contribution in [0, 0.1) is 5.92 Å². The van der Waals surface area contributed by atoms with Crippen molar-refractivity contribution in [2.24, 2.45) is 5.92 Å². The predicted octanol–water partition coefficient (Wildman–Crippen LogP) is 3.83. The van der Waals surface area contributed by atoms with Gasteiger partial charge in [0.25, 0.3) is 5.91 Å². The van der Waals surface area contributed by atoms with Crippen molar-refractivity contribution in [2.45, 2.75) is 31.8 Å². The predicted molar refractivity (Wildman–Crippen MR) is 129 cm³/mol. The second-order valence-corrected chi connectivity index (χ2v) is 10.5. The summed E-state index contributed by atoms with van der Waals surface area (Å²) in [4.78, 5) is 28.2. The maximum absolute atomic E-state index is 12.7. The highest BCUT2D eigenvalue weighted by atomic mass is 32.2. The van der Waals surface area contributed by atoms with Crippen molar-refractivity contribution in [2.75, 3.05) is 12.8 Å². The second-order valence-electron chi connectivity index (χ2n) is 8.46. The van der Waals surface area contributed by atoms with E-state index in [0.717, 1.165) is 6.26 Å². The summed E-state index contributed by atoms with van der Waals surface area (Å²) in [5, 5.41) is 12.0. The van der Waals surface area contributed by atoms with Crippen molar-refractivity contribution >= 4 is 21.5 Å². The molecule has 0 aliphatic rings. The first-order valence-corrected chi connectivity index (χ1v) is 12.7. The minimum atomic E-state index is -3.33. The van der Waals surface area contributed by atoms with Gasteiger partial charge in [-0.15, -0.1) is 0 Å². The molecule has 0 bridgehead atoms. The highest BCUT2D eigenvalue weighted by Gasteiger charge is 2.16. The summed E-state index contributed by atoms with van der Waals surface area (Å²) in [6.07, 6.45) is 0.467. The molecular formula is C25H28N2O6S. The van der Waals surface area contributed by atoms with Crippen molar-refractivity contribution in [3.8, 4) is 22.8 Å². The summed E-state index contributed by atoms with van der Waals surface area (Å²) >= 11 is 0. The van der Waals surface area contributed by atoms with Crippen LogP contribution in [-0.2, 0) is 9.84 Å². The van der Waals surface area contributed by atoms with Crippen LogP contribution in [0.15, 0.2) is 59.5 Å². The zero-order valence-electron chi connectivity index (χ0n) is 19.5. The maximum Gasteiger partial charge on any atom is 0.267 e. The first-order chi connectivity index (χ1) is 15.9. The molecule has 0 saturated carbocycles. The average molecular weight is 485 g/mol. The molecule has 0 radical (unpaired) electrons. The molecule has 0 spiro atoms. The van der Waals surface area contributed by atoms with Gasteiger partial charge in [-0.05, 0) is 61.5 Å². The Morgan fingerprint density at radius 2 is 1.68 bits per heavy atom. The number of H-pyrrole nitrogens is 1. The van der Waals surface area contributed by atoms with Gasteiger partial charge in [0.05, 0.1) is 11.0 Å². The number of ether oxygens (including phenoxy) is 1. The number of ketones is 1. The molecule has 0 aliphatic carbocycles. The van der Waals surface area contributed by atoms with E-state index in [-0.39, 0.29) is 29.0 Å². The molecule has 0 fully saturated rings. The van der Waals surface area contributed by atoms with Crippen LogP contribution in [0.4, 0.5) is 0 Å². The molecule has 3 rings (SSSR count). The topological polar surface area (TPSA) is 126 Å². The standard InChI is InChI=1S/C25H28N2O6S/c1-15(2)24(29)18-11-17(22-9-10-23(27-22)25(30)26-14-16(3)28)12-20(13-18)33-19-5-7-21(8-6-19)34(4,31)32/h5-13,15-16,27-28H,14H2,1-4H3,(H,26,30)/t16-/m1/s1. The molecule has 8 nitrogen and oxygen atoms in total. The quantitative estimate of drug-likeness (QED) is 0.397. The number of carbonyl (C=O) groups excluding carboxylic acids is 2. The van der Waals surface area contributed by atoms with Gasteiger partial charge in [0.2, 0.25) is 0 Å². The summed E-state index contributed by atoms with van der Waals surface area (Å²) in [7, 11) is -3.33. The fourth-order valence-corrected chi connectivity index (χ4v) is 3.84. The lowest BCUT2D eigenvalue weighted by atomic mass is 9.98. The number of amides is 1. The van der Waals surface area contributed by atoms with Crippen LogP contribution in [0.1, 0.15) is 41.6 Å². The van der Waals surface area contributed by atoms with Crippen LogP contribution >= 0.6 is 0 Å². The van der Waals surface area contributed by atoms with Crippen LogP contribution in [0.3, 0.4) is 0 Å². The Labute approximate surface area is 198 Å². The monoisotopic (exact) mass is 484 g/mol. The molecule has 180 valence electrons. The fraction of sp³-hybridized carbons (Fsp3) is 0.280. The van der Waals surface area contributed by atoms with Crippen molar-refractivity contribution in [3.05, 3.63) is 65.9 Å². The SMILES string of the molecule is CC(C)C(=O)c1cc(Oc2ccc(S(C)(=O)=O)cc2)cc(-c2ccc(C(=O)NC[C@@H](C)O)[nH]2)c1. The summed E-state index contributed by atoms with van der Waals surface area (Å²) in [5.74, 6) is 0.146. The number of carbonyl (C=O) groups is 2. The zero-order chi connectivity index (χ0) is 25.0. The summed E-state index contributed by atoms with van der Waals surface area (Å²) in [6.45, 7) is 5.31. The van der Waals surface area contributed by atoms with Gasteiger partial charge < -0.3 is 20.1 Å². The lowest BCUT2D eigenvalue weighted by molar-refractivity contribution is 0.0917. The molecule has 2 aromatic carbocycles. The normalized spacial score (nSPS) is 12.4. The number of rotatable bonds is 9. The Kier molecular flexibility index (Phi) is 7.58. The number of aliphatic hydroxyl groups is 1. The second kappa shape index (κ2) is 10.2. The molecule has 1 aromatic heterocycles. The third-order valence-electron chi connectivity index (χ3n) is 5.00. The van der Waals surface area contributed by atoms with E-state index in [1.165, 1.54) is 12.1 Å². The van der Waals surface area contributed by atoms with Gasteiger partial charge in [0, 0.05) is 35.5 Å². The number of aromatic amines is 1. The first-order valence-electron chi connectivity index (χ1n) is 10.8. The minimum Gasteiger partial charge on any atom is -0.457 e. The van der Waals surface area contributed by atoms with E-state index >= 15 is 0 Å². The number of hydrogen-bond donors (Lipinski definition) is 3. The van der Waals surface area contributed by atoms with Crippen LogP contribution in [0.2, 0.25) is 0 Å². The Bertz CT molecular complexity index is 1290. The van der Waals surface area contributed by atoms with Gasteiger partial charge >= 0.3 is 0 Å². The molecule has 9 heteroatoms. The van der Waals surface area contributed by atoms with E-state index in [2.05, 4.69) is 10.3 Å². The summed E-state index contributed by atoms with van der Waals surface area (Å²) < 4.78 is 29.3. The Balaban J connectivity index is 1.94. The largest absolute Gasteiger partial charge is 0.457 e. The van der Waals surface area contributed by atoms with Crippen molar-refractivity contribution < 1.29 is 27.9 Å². The van der Waals surface area contributed by atoms with Crippen molar-refractivity contribution in [3.63, 3.8) is 0 Å². The Morgan fingerprint density at radius 3 is 2.26 bits per heavy atom. The number of sulfone groups is 1. The molecule has 0 saturated heterocycles. The maximum atomic E-state index is 12.7. The fourth-order valence-electron chi connectivity index (χ4n) is 3.21. The lowest BCUT2D eigenvalue weighted by Crippen LogP contribution is -2.30. The molecule has 34 heavy (non-hydrogen) atoms. The van der Waals surface area contributed by atoms with E-state index in [1.807, 2.05) is 0 Å².